The summed E-state index contributed by atoms with van der Waals surface area (Å²) in [5.74, 6) is 0.140. The van der Waals surface area contributed by atoms with Crippen LogP contribution in [-0.4, -0.2) is 29.7 Å². The van der Waals surface area contributed by atoms with E-state index in [0.29, 0.717) is 0 Å². The average molecular weight is 387 g/mol. The van der Waals surface area contributed by atoms with E-state index in [2.05, 4.69) is 6.92 Å². The molecule has 3 heteroatoms. The molecule has 0 heterocycles. The zero-order valence-corrected chi connectivity index (χ0v) is 20.0. The third kappa shape index (κ3) is 20.4. The van der Waals surface area contributed by atoms with Gasteiger partial charge in [0.15, 0.2) is 0 Å². The van der Waals surface area contributed by atoms with Gasteiger partial charge in [-0.25, -0.2) is 0 Å². The fraction of sp³-hybridized carbons (Fsp3) is 1.00. The summed E-state index contributed by atoms with van der Waals surface area (Å²) in [5, 5.41) is 0. The predicted octanol–water partition coefficient (Wildman–Crippen LogP) is 7.19. The molecule has 0 amide bonds. The van der Waals surface area contributed by atoms with Gasteiger partial charge in [-0.3, -0.25) is 0 Å². The van der Waals surface area contributed by atoms with Crippen LogP contribution < -0.4 is 0 Å². The lowest BCUT2D eigenvalue weighted by Crippen LogP contribution is -2.20. The van der Waals surface area contributed by atoms with Crippen LogP contribution >= 0.6 is 0 Å². The second kappa shape index (κ2) is 23.2. The maximum Gasteiger partial charge on any atom is 0.134 e. The molecule has 0 saturated heterocycles. The highest BCUT2D eigenvalue weighted by molar-refractivity contribution is 6.36. The highest BCUT2D eigenvalue weighted by Gasteiger charge is 2.04. The molecule has 0 fully saturated rings. The van der Waals surface area contributed by atoms with E-state index in [9.17, 15) is 0 Å². The van der Waals surface area contributed by atoms with Crippen molar-refractivity contribution in [2.75, 3.05) is 14.2 Å². The summed E-state index contributed by atoms with van der Waals surface area (Å²) >= 11 is 0. The molecule has 0 unspecified atom stereocenters. The smallest absolute Gasteiger partial charge is 0.134 e. The molecular formula is C23H50O2Si. The van der Waals surface area contributed by atoms with Crippen LogP contribution in [-0.2, 0) is 9.47 Å². The lowest BCUT2D eigenvalue weighted by atomic mass is 10.0. The summed E-state index contributed by atoms with van der Waals surface area (Å²) in [6.07, 6.45) is 26.1. The van der Waals surface area contributed by atoms with Gasteiger partial charge in [0.25, 0.3) is 0 Å². The lowest BCUT2D eigenvalue weighted by molar-refractivity contribution is -0.0441. The molecule has 26 heavy (non-hydrogen) atoms. The first-order chi connectivity index (χ1) is 12.8. The Kier molecular flexibility index (Phi) is 23.3. The summed E-state index contributed by atoms with van der Waals surface area (Å²) in [5.41, 5.74) is 0. The van der Waals surface area contributed by atoms with Crippen LogP contribution in [0.4, 0.5) is 0 Å². The van der Waals surface area contributed by atoms with Gasteiger partial charge in [0, 0.05) is 14.2 Å². The zero-order valence-electron chi connectivity index (χ0n) is 18.5. The Balaban J connectivity index is 3.03. The Morgan fingerprint density at radius 2 is 0.808 bits per heavy atom. The molecule has 158 valence electrons. The van der Waals surface area contributed by atoms with Crippen LogP contribution in [0, 0.1) is 0 Å². The molecule has 0 aromatic rings. The van der Waals surface area contributed by atoms with Gasteiger partial charge in [0.05, 0.1) is 9.52 Å². The molecule has 0 atom stereocenters. The minimum atomic E-state index is -0.186. The highest BCUT2D eigenvalue weighted by atomic mass is 28.2. The van der Waals surface area contributed by atoms with E-state index < -0.39 is 0 Å². The number of methoxy groups -OCH3 is 2. The SMILES string of the molecule is CCCCCCCCCCCCCCCCCCCC[SiH2]C(OC)OC. The fourth-order valence-electron chi connectivity index (χ4n) is 3.72. The van der Waals surface area contributed by atoms with E-state index >= 15 is 0 Å². The van der Waals surface area contributed by atoms with E-state index in [1.54, 1.807) is 14.2 Å². The largest absolute Gasteiger partial charge is 0.360 e. The lowest BCUT2D eigenvalue weighted by Gasteiger charge is -2.12. The first kappa shape index (κ1) is 26.1. The van der Waals surface area contributed by atoms with Gasteiger partial charge in [-0.1, -0.05) is 129 Å². The third-order valence-corrected chi connectivity index (χ3v) is 7.62. The van der Waals surface area contributed by atoms with Crippen LogP contribution in [0.25, 0.3) is 0 Å². The van der Waals surface area contributed by atoms with Crippen LogP contribution in [0.15, 0.2) is 0 Å². The number of ether oxygens (including phenoxy) is 2. The molecule has 0 bridgehead atoms. The van der Waals surface area contributed by atoms with Gasteiger partial charge in [-0.15, -0.1) is 0 Å². The third-order valence-electron chi connectivity index (χ3n) is 5.57. The summed E-state index contributed by atoms with van der Waals surface area (Å²) < 4.78 is 10.6. The normalized spacial score (nSPS) is 12.0. The first-order valence-corrected chi connectivity index (χ1v) is 13.7. The van der Waals surface area contributed by atoms with Gasteiger partial charge in [-0.2, -0.15) is 0 Å². The molecule has 0 saturated carbocycles. The van der Waals surface area contributed by atoms with Crippen molar-refractivity contribution in [2.24, 2.45) is 0 Å². The monoisotopic (exact) mass is 386 g/mol. The number of unbranched alkanes of at least 4 members (excludes halogenated alkanes) is 17. The molecule has 0 aromatic carbocycles. The first-order valence-electron chi connectivity index (χ1n) is 11.9. The molecule has 0 rings (SSSR count). The Hall–Kier alpha value is 0.137. The maximum atomic E-state index is 5.28. The molecule has 0 aliphatic heterocycles. The van der Waals surface area contributed by atoms with Gasteiger partial charge in [0.1, 0.15) is 5.91 Å². The van der Waals surface area contributed by atoms with Crippen molar-refractivity contribution in [3.63, 3.8) is 0 Å². The van der Waals surface area contributed by atoms with Crippen LogP contribution in [0.2, 0.25) is 6.04 Å². The molecule has 0 N–H and O–H groups in total. The molecule has 0 radical (unpaired) electrons. The second-order valence-electron chi connectivity index (χ2n) is 8.05. The van der Waals surface area contributed by atoms with Crippen molar-refractivity contribution >= 4 is 9.52 Å². The van der Waals surface area contributed by atoms with Crippen molar-refractivity contribution < 1.29 is 9.47 Å². The van der Waals surface area contributed by atoms with Crippen molar-refractivity contribution in [2.45, 2.75) is 134 Å². The molecule has 0 aromatic heterocycles. The molecule has 0 aliphatic rings. The zero-order chi connectivity index (χ0) is 19.1. The van der Waals surface area contributed by atoms with Crippen molar-refractivity contribution in [1.82, 2.24) is 0 Å². The highest BCUT2D eigenvalue weighted by Crippen LogP contribution is 2.14. The van der Waals surface area contributed by atoms with E-state index in [0.717, 1.165) is 0 Å². The van der Waals surface area contributed by atoms with Gasteiger partial charge < -0.3 is 9.47 Å². The summed E-state index contributed by atoms with van der Waals surface area (Å²) in [6.45, 7) is 2.30. The second-order valence-corrected chi connectivity index (χ2v) is 10.0. The van der Waals surface area contributed by atoms with Crippen molar-refractivity contribution in [1.29, 1.82) is 0 Å². The predicted molar refractivity (Wildman–Crippen MR) is 120 cm³/mol. The van der Waals surface area contributed by atoms with Crippen LogP contribution in [0.1, 0.15) is 122 Å². The Bertz CT molecular complexity index is 244. The van der Waals surface area contributed by atoms with Crippen molar-refractivity contribution in [3.05, 3.63) is 0 Å². The minimum Gasteiger partial charge on any atom is -0.360 e. The quantitative estimate of drug-likeness (QED) is 0.111. The van der Waals surface area contributed by atoms with Crippen molar-refractivity contribution in [3.8, 4) is 0 Å². The molecule has 0 spiro atoms. The maximum absolute atomic E-state index is 5.28. The molecular weight excluding hydrogens is 336 g/mol. The summed E-state index contributed by atoms with van der Waals surface area (Å²) in [6, 6.07) is 1.37. The molecule has 2 nitrogen and oxygen atoms in total. The topological polar surface area (TPSA) is 18.5 Å². The van der Waals surface area contributed by atoms with E-state index in [4.69, 9.17) is 9.47 Å². The van der Waals surface area contributed by atoms with Gasteiger partial charge in [-0.05, 0) is 0 Å². The summed E-state index contributed by atoms with van der Waals surface area (Å²) in [4.78, 5) is 0. The Morgan fingerprint density at radius 1 is 0.500 bits per heavy atom. The van der Waals surface area contributed by atoms with E-state index in [-0.39, 0.29) is 15.4 Å². The van der Waals surface area contributed by atoms with Gasteiger partial charge in [0.2, 0.25) is 0 Å². The molecule has 0 aliphatic carbocycles. The van der Waals surface area contributed by atoms with Crippen LogP contribution in [0.3, 0.4) is 0 Å². The van der Waals surface area contributed by atoms with Gasteiger partial charge >= 0.3 is 0 Å². The summed E-state index contributed by atoms with van der Waals surface area (Å²) in [7, 11) is 3.34. The minimum absolute atomic E-state index is 0.140. The number of rotatable bonds is 22. The van der Waals surface area contributed by atoms with E-state index in [1.165, 1.54) is 122 Å². The fourth-order valence-corrected chi connectivity index (χ4v) is 5.17. The number of hydrogen-bond donors (Lipinski definition) is 0. The van der Waals surface area contributed by atoms with Crippen LogP contribution in [0.5, 0.6) is 0 Å². The Morgan fingerprint density at radius 3 is 1.12 bits per heavy atom. The average Bonchev–Trinajstić information content (AvgIpc) is 2.66. The van der Waals surface area contributed by atoms with E-state index in [1.807, 2.05) is 0 Å². The Labute approximate surface area is 168 Å². The number of hydrogen-bond acceptors (Lipinski definition) is 2. The standard InChI is InChI=1S/C23H50O2Si/c1-4-5-6-7-8-9-10-11-12-13-14-15-16-17-18-19-20-21-22-26-23(24-2)25-3/h23H,4-22,26H2,1-3H3.